The molecule has 4 nitrogen and oxygen atoms in total. The zero-order chi connectivity index (χ0) is 17.1. The van der Waals surface area contributed by atoms with E-state index in [-0.39, 0.29) is 11.9 Å². The topological polar surface area (TPSA) is 46.3 Å². The van der Waals surface area contributed by atoms with Gasteiger partial charge in [-0.1, -0.05) is 13.0 Å². The highest BCUT2D eigenvalue weighted by atomic mass is 16.3. The van der Waals surface area contributed by atoms with E-state index in [1.807, 2.05) is 32.2 Å². The van der Waals surface area contributed by atoms with Crippen LogP contribution in [-0.2, 0) is 17.6 Å². The molecule has 3 aromatic rings. The van der Waals surface area contributed by atoms with Crippen molar-refractivity contribution >= 4 is 16.9 Å². The maximum atomic E-state index is 12.7. The Kier molecular flexibility index (Phi) is 4.65. The van der Waals surface area contributed by atoms with Gasteiger partial charge in [-0.3, -0.25) is 9.78 Å². The molecule has 1 aromatic carbocycles. The molecule has 1 atom stereocenters. The first-order valence-electron chi connectivity index (χ1n) is 8.24. The number of fused-ring (bicyclic) bond motifs is 1. The van der Waals surface area contributed by atoms with Crippen molar-refractivity contribution in [1.29, 1.82) is 0 Å². The van der Waals surface area contributed by atoms with Crippen LogP contribution in [0.1, 0.15) is 36.6 Å². The number of furan rings is 1. The van der Waals surface area contributed by atoms with Gasteiger partial charge in [0.05, 0.1) is 18.7 Å². The molecule has 0 aliphatic rings. The molecule has 124 valence electrons. The van der Waals surface area contributed by atoms with Crippen molar-refractivity contribution in [2.75, 3.05) is 7.05 Å². The number of aryl methyl sites for hydroxylation is 1. The number of amides is 1. The van der Waals surface area contributed by atoms with Gasteiger partial charge in [0.25, 0.3) is 0 Å². The molecule has 0 bridgehead atoms. The number of benzene rings is 1. The van der Waals surface area contributed by atoms with Crippen LogP contribution in [0.4, 0.5) is 0 Å². The van der Waals surface area contributed by atoms with Crippen molar-refractivity contribution in [3.05, 3.63) is 65.7 Å². The number of carbonyl (C=O) groups excluding carboxylic acids is 1. The van der Waals surface area contributed by atoms with Gasteiger partial charge in [0, 0.05) is 30.4 Å². The number of pyridine rings is 1. The summed E-state index contributed by atoms with van der Waals surface area (Å²) >= 11 is 0. The van der Waals surface area contributed by atoms with Crippen molar-refractivity contribution in [1.82, 2.24) is 9.88 Å². The van der Waals surface area contributed by atoms with E-state index in [1.165, 1.54) is 5.56 Å². The lowest BCUT2D eigenvalue weighted by Gasteiger charge is -2.25. The molecule has 3 rings (SSSR count). The second-order valence-electron chi connectivity index (χ2n) is 6.08. The molecule has 0 N–H and O–H groups in total. The Labute approximate surface area is 142 Å². The maximum Gasteiger partial charge on any atom is 0.227 e. The lowest BCUT2D eigenvalue weighted by atomic mass is 10.0. The number of aromatic nitrogens is 1. The number of rotatable bonds is 5. The minimum Gasteiger partial charge on any atom is -0.464 e. The molecule has 4 heteroatoms. The summed E-state index contributed by atoms with van der Waals surface area (Å²) in [6.07, 6.45) is 6.51. The first-order chi connectivity index (χ1) is 11.6. The first-order valence-corrected chi connectivity index (χ1v) is 8.24. The summed E-state index contributed by atoms with van der Waals surface area (Å²) in [6.45, 7) is 4.14. The van der Waals surface area contributed by atoms with Crippen LogP contribution in [0.2, 0.25) is 0 Å². The SMILES string of the molecule is CCc1ccc2occ(CC(=O)N(C)C(C)c3ccncc3)c2c1. The van der Waals surface area contributed by atoms with Gasteiger partial charge in [-0.05, 0) is 48.7 Å². The fraction of sp³-hybridized carbons (Fsp3) is 0.300. The summed E-state index contributed by atoms with van der Waals surface area (Å²) in [6, 6.07) is 10.0. The van der Waals surface area contributed by atoms with Crippen molar-refractivity contribution in [2.45, 2.75) is 32.7 Å². The Bertz CT molecular complexity index is 839. The Balaban J connectivity index is 1.79. The van der Waals surface area contributed by atoms with E-state index >= 15 is 0 Å². The quantitative estimate of drug-likeness (QED) is 0.709. The van der Waals surface area contributed by atoms with E-state index in [2.05, 4.69) is 24.0 Å². The third-order valence-corrected chi connectivity index (χ3v) is 4.63. The number of nitrogens with zero attached hydrogens (tertiary/aromatic N) is 2. The Morgan fingerprint density at radius 1 is 1.25 bits per heavy atom. The van der Waals surface area contributed by atoms with Crippen LogP contribution in [0, 0.1) is 0 Å². The fourth-order valence-corrected chi connectivity index (χ4v) is 2.85. The molecule has 0 spiro atoms. The largest absolute Gasteiger partial charge is 0.464 e. The van der Waals surface area contributed by atoms with Crippen molar-refractivity contribution in [3.63, 3.8) is 0 Å². The predicted octanol–water partition coefficient (Wildman–Crippen LogP) is 4.15. The number of carbonyl (C=O) groups is 1. The second-order valence-corrected chi connectivity index (χ2v) is 6.08. The van der Waals surface area contributed by atoms with Crippen LogP contribution in [0.5, 0.6) is 0 Å². The van der Waals surface area contributed by atoms with Gasteiger partial charge in [-0.15, -0.1) is 0 Å². The van der Waals surface area contributed by atoms with Gasteiger partial charge in [0.2, 0.25) is 5.91 Å². The molecule has 0 aliphatic heterocycles. The van der Waals surface area contributed by atoms with Gasteiger partial charge in [-0.25, -0.2) is 0 Å². The molecule has 0 radical (unpaired) electrons. The highest BCUT2D eigenvalue weighted by Gasteiger charge is 2.19. The average Bonchev–Trinajstić information content (AvgIpc) is 3.03. The summed E-state index contributed by atoms with van der Waals surface area (Å²) in [7, 11) is 1.84. The highest BCUT2D eigenvalue weighted by molar-refractivity contribution is 5.88. The molecule has 0 saturated heterocycles. The summed E-state index contributed by atoms with van der Waals surface area (Å²) in [4.78, 5) is 18.5. The van der Waals surface area contributed by atoms with Crippen molar-refractivity contribution < 1.29 is 9.21 Å². The molecule has 1 unspecified atom stereocenters. The summed E-state index contributed by atoms with van der Waals surface area (Å²) < 4.78 is 5.60. The zero-order valence-electron chi connectivity index (χ0n) is 14.3. The molecular weight excluding hydrogens is 300 g/mol. The van der Waals surface area contributed by atoms with Crippen LogP contribution in [-0.4, -0.2) is 22.8 Å². The number of likely N-dealkylation sites (N-methyl/N-ethyl adjacent to an activating group) is 1. The van der Waals surface area contributed by atoms with Crippen molar-refractivity contribution in [2.24, 2.45) is 0 Å². The van der Waals surface area contributed by atoms with E-state index in [4.69, 9.17) is 4.42 Å². The van der Waals surface area contributed by atoms with Crippen LogP contribution >= 0.6 is 0 Å². The Hall–Kier alpha value is -2.62. The average molecular weight is 322 g/mol. The van der Waals surface area contributed by atoms with E-state index in [0.717, 1.165) is 28.5 Å². The molecule has 24 heavy (non-hydrogen) atoms. The van der Waals surface area contributed by atoms with Gasteiger partial charge < -0.3 is 9.32 Å². The van der Waals surface area contributed by atoms with Gasteiger partial charge in [0.15, 0.2) is 0 Å². The van der Waals surface area contributed by atoms with Crippen LogP contribution in [0.15, 0.2) is 53.4 Å². The number of hydrogen-bond acceptors (Lipinski definition) is 3. The molecule has 1 amide bonds. The van der Waals surface area contributed by atoms with Crippen LogP contribution < -0.4 is 0 Å². The third kappa shape index (κ3) is 3.18. The molecule has 2 heterocycles. The normalized spacial score (nSPS) is 12.3. The smallest absolute Gasteiger partial charge is 0.227 e. The molecule has 0 saturated carbocycles. The second kappa shape index (κ2) is 6.87. The predicted molar refractivity (Wildman–Crippen MR) is 94.7 cm³/mol. The molecule has 0 aliphatic carbocycles. The molecule has 0 fully saturated rings. The van der Waals surface area contributed by atoms with E-state index < -0.39 is 0 Å². The van der Waals surface area contributed by atoms with E-state index in [0.29, 0.717) is 6.42 Å². The van der Waals surface area contributed by atoms with E-state index in [1.54, 1.807) is 23.6 Å². The zero-order valence-corrected chi connectivity index (χ0v) is 14.3. The Morgan fingerprint density at radius 2 is 2.00 bits per heavy atom. The fourth-order valence-electron chi connectivity index (χ4n) is 2.85. The highest BCUT2D eigenvalue weighted by Crippen LogP contribution is 2.25. The van der Waals surface area contributed by atoms with Gasteiger partial charge >= 0.3 is 0 Å². The minimum atomic E-state index is 0.00451. The summed E-state index contributed by atoms with van der Waals surface area (Å²) in [5.74, 6) is 0.0731. The lowest BCUT2D eigenvalue weighted by molar-refractivity contribution is -0.131. The van der Waals surface area contributed by atoms with Crippen molar-refractivity contribution in [3.8, 4) is 0 Å². The molecular formula is C20H22N2O2. The van der Waals surface area contributed by atoms with E-state index in [9.17, 15) is 4.79 Å². The van der Waals surface area contributed by atoms with Crippen LogP contribution in [0.3, 0.4) is 0 Å². The Morgan fingerprint density at radius 3 is 2.71 bits per heavy atom. The summed E-state index contributed by atoms with van der Waals surface area (Å²) in [5.41, 5.74) is 4.10. The maximum absolute atomic E-state index is 12.7. The lowest BCUT2D eigenvalue weighted by Crippen LogP contribution is -2.30. The number of hydrogen-bond donors (Lipinski definition) is 0. The first kappa shape index (κ1) is 16.2. The summed E-state index contributed by atoms with van der Waals surface area (Å²) in [5, 5.41) is 1.03. The third-order valence-electron chi connectivity index (χ3n) is 4.63. The van der Waals surface area contributed by atoms with Gasteiger partial charge in [-0.2, -0.15) is 0 Å². The van der Waals surface area contributed by atoms with Crippen LogP contribution in [0.25, 0.3) is 11.0 Å². The van der Waals surface area contributed by atoms with Gasteiger partial charge in [0.1, 0.15) is 5.58 Å². The monoisotopic (exact) mass is 322 g/mol. The molecule has 2 aromatic heterocycles. The minimum absolute atomic E-state index is 0.00451. The standard InChI is InChI=1S/C20H22N2O2/c1-4-15-5-6-19-18(11-15)17(13-24-19)12-20(23)22(3)14(2)16-7-9-21-10-8-16/h5-11,13-14H,4,12H2,1-3H3.